The minimum absolute atomic E-state index is 0.258. The van der Waals surface area contributed by atoms with Crippen molar-refractivity contribution in [1.82, 2.24) is 15.1 Å². The van der Waals surface area contributed by atoms with Gasteiger partial charge in [0.1, 0.15) is 5.56 Å². The van der Waals surface area contributed by atoms with Crippen LogP contribution in [0.15, 0.2) is 22.1 Å². The molecule has 0 unspecified atom stereocenters. The van der Waals surface area contributed by atoms with E-state index in [2.05, 4.69) is 32.4 Å². The van der Waals surface area contributed by atoms with Gasteiger partial charge < -0.3 is 10.4 Å². The van der Waals surface area contributed by atoms with Crippen molar-refractivity contribution in [2.24, 2.45) is 7.05 Å². The molecule has 0 aromatic carbocycles. The van der Waals surface area contributed by atoms with Crippen LogP contribution in [-0.4, -0.2) is 27.4 Å². The van der Waals surface area contributed by atoms with Crippen LogP contribution in [0.3, 0.4) is 0 Å². The van der Waals surface area contributed by atoms with Crippen LogP contribution in [-0.2, 0) is 20.0 Å². The van der Waals surface area contributed by atoms with Crippen molar-refractivity contribution in [2.45, 2.75) is 13.0 Å². The number of carboxylic acids is 1. The van der Waals surface area contributed by atoms with Gasteiger partial charge in [0.05, 0.1) is 15.7 Å². The molecule has 2 heterocycles. The number of aromatic nitrogens is 2. The number of halogens is 1. The molecule has 0 saturated carbocycles. The molecule has 2 aromatic heterocycles. The third-order valence-corrected chi connectivity index (χ3v) is 4.44. The summed E-state index contributed by atoms with van der Waals surface area (Å²) in [6.45, 7) is 1.31. The van der Waals surface area contributed by atoms with Gasteiger partial charge in [-0.15, -0.1) is 11.3 Å². The second kappa shape index (κ2) is 6.31. The van der Waals surface area contributed by atoms with Crippen molar-refractivity contribution in [1.29, 1.82) is 0 Å². The maximum absolute atomic E-state index is 11.0. The van der Waals surface area contributed by atoms with Gasteiger partial charge in [0, 0.05) is 25.0 Å². The Labute approximate surface area is 123 Å². The Morgan fingerprint density at radius 2 is 2.37 bits per heavy atom. The first-order chi connectivity index (χ1) is 9.08. The fourth-order valence-corrected chi connectivity index (χ4v) is 3.24. The summed E-state index contributed by atoms with van der Waals surface area (Å²) >= 11 is 5.14. The predicted molar refractivity (Wildman–Crippen MR) is 77.6 cm³/mol. The summed E-state index contributed by atoms with van der Waals surface area (Å²) in [4.78, 5) is 12.3. The number of hydrogen-bond acceptors (Lipinski definition) is 4. The number of carbonyl (C=O) groups is 1. The topological polar surface area (TPSA) is 67.2 Å². The molecule has 0 atom stereocenters. The Hall–Kier alpha value is -1.18. The average molecular weight is 344 g/mol. The van der Waals surface area contributed by atoms with Crippen LogP contribution < -0.4 is 5.32 Å². The lowest BCUT2D eigenvalue weighted by atomic mass is 10.2. The highest BCUT2D eigenvalue weighted by atomic mass is 79.9. The highest BCUT2D eigenvalue weighted by molar-refractivity contribution is 9.11. The molecule has 5 nitrogen and oxygen atoms in total. The minimum Gasteiger partial charge on any atom is -0.478 e. The molecule has 0 bridgehead atoms. The second-order valence-corrected chi connectivity index (χ2v) is 6.61. The number of aryl methyl sites for hydroxylation is 1. The molecule has 2 rings (SSSR count). The molecule has 19 heavy (non-hydrogen) atoms. The van der Waals surface area contributed by atoms with E-state index in [0.29, 0.717) is 12.2 Å². The summed E-state index contributed by atoms with van der Waals surface area (Å²) in [6.07, 6.45) is 2.31. The van der Waals surface area contributed by atoms with Gasteiger partial charge in [0.2, 0.25) is 0 Å². The van der Waals surface area contributed by atoms with Gasteiger partial charge in [0.15, 0.2) is 0 Å². The Kier molecular flexibility index (Phi) is 4.73. The predicted octanol–water partition coefficient (Wildman–Crippen LogP) is 2.27. The van der Waals surface area contributed by atoms with E-state index in [1.165, 1.54) is 11.1 Å². The number of aromatic carboxylic acids is 1. The molecular formula is C12H14BrN3O2S. The number of rotatable bonds is 6. The van der Waals surface area contributed by atoms with Gasteiger partial charge in [-0.2, -0.15) is 5.10 Å². The Bertz CT molecular complexity index is 579. The number of carboxylic acid groups (broad SMARTS) is 1. The number of hydrogen-bond donors (Lipinski definition) is 2. The van der Waals surface area contributed by atoms with E-state index in [1.807, 2.05) is 6.07 Å². The van der Waals surface area contributed by atoms with Crippen LogP contribution in [0.4, 0.5) is 0 Å². The lowest BCUT2D eigenvalue weighted by Gasteiger charge is -2.05. The first kappa shape index (κ1) is 14.2. The van der Waals surface area contributed by atoms with E-state index in [1.54, 1.807) is 23.1 Å². The van der Waals surface area contributed by atoms with E-state index in [9.17, 15) is 4.79 Å². The van der Waals surface area contributed by atoms with Crippen LogP contribution in [0.2, 0.25) is 0 Å². The summed E-state index contributed by atoms with van der Waals surface area (Å²) in [5, 5.41) is 16.3. The Balaban J connectivity index is 1.86. The zero-order valence-corrected chi connectivity index (χ0v) is 12.8. The van der Waals surface area contributed by atoms with Crippen LogP contribution in [0.5, 0.6) is 0 Å². The van der Waals surface area contributed by atoms with Crippen molar-refractivity contribution >= 4 is 33.2 Å². The van der Waals surface area contributed by atoms with Crippen molar-refractivity contribution < 1.29 is 9.90 Å². The highest BCUT2D eigenvalue weighted by Gasteiger charge is 2.14. The molecule has 0 aliphatic heterocycles. The smallest absolute Gasteiger partial charge is 0.339 e. The molecule has 0 radical (unpaired) electrons. The van der Waals surface area contributed by atoms with E-state index in [-0.39, 0.29) is 5.56 Å². The molecule has 2 N–H and O–H groups in total. The highest BCUT2D eigenvalue weighted by Crippen LogP contribution is 2.22. The fourth-order valence-electron chi connectivity index (χ4n) is 1.76. The lowest BCUT2D eigenvalue weighted by Crippen LogP contribution is -2.20. The fraction of sp³-hybridized carbons (Fsp3) is 0.333. The van der Waals surface area contributed by atoms with Gasteiger partial charge >= 0.3 is 5.97 Å². The number of nitrogens with zero attached hydrogens (tertiary/aromatic N) is 2. The van der Waals surface area contributed by atoms with Crippen LogP contribution >= 0.6 is 27.3 Å². The molecular weight excluding hydrogens is 330 g/mol. The third kappa shape index (κ3) is 3.65. The van der Waals surface area contributed by atoms with E-state index < -0.39 is 5.97 Å². The van der Waals surface area contributed by atoms with Crippen molar-refractivity contribution in [2.75, 3.05) is 6.54 Å². The minimum atomic E-state index is -0.938. The Morgan fingerprint density at radius 1 is 1.58 bits per heavy atom. The van der Waals surface area contributed by atoms with Gasteiger partial charge in [-0.05, 0) is 34.5 Å². The maximum atomic E-state index is 11.0. The van der Waals surface area contributed by atoms with Gasteiger partial charge in [-0.3, -0.25) is 4.68 Å². The summed E-state index contributed by atoms with van der Waals surface area (Å²) < 4.78 is 2.72. The van der Waals surface area contributed by atoms with Gasteiger partial charge in [0.25, 0.3) is 0 Å². The second-order valence-electron chi connectivity index (χ2n) is 4.07. The van der Waals surface area contributed by atoms with Gasteiger partial charge in [-0.1, -0.05) is 0 Å². The van der Waals surface area contributed by atoms with Crippen molar-refractivity contribution in [3.63, 3.8) is 0 Å². The molecule has 0 fully saturated rings. The monoisotopic (exact) mass is 343 g/mol. The summed E-state index contributed by atoms with van der Waals surface area (Å²) in [7, 11) is 1.75. The Morgan fingerprint density at radius 3 is 3.00 bits per heavy atom. The first-order valence-corrected chi connectivity index (χ1v) is 7.38. The largest absolute Gasteiger partial charge is 0.478 e. The molecule has 0 aliphatic carbocycles. The zero-order chi connectivity index (χ0) is 13.8. The molecule has 0 spiro atoms. The number of nitrogens with one attached hydrogen (secondary N) is 1. The average Bonchev–Trinajstić information content (AvgIpc) is 2.92. The summed E-state index contributed by atoms with van der Waals surface area (Å²) in [5.74, 6) is -0.938. The first-order valence-electron chi connectivity index (χ1n) is 5.77. The zero-order valence-electron chi connectivity index (χ0n) is 10.4. The quantitative estimate of drug-likeness (QED) is 0.789. The maximum Gasteiger partial charge on any atom is 0.339 e. The molecule has 7 heteroatoms. The van der Waals surface area contributed by atoms with Crippen molar-refractivity contribution in [3.8, 4) is 0 Å². The number of thiophene rings is 1. The normalized spacial score (nSPS) is 10.8. The van der Waals surface area contributed by atoms with E-state index in [4.69, 9.17) is 5.11 Å². The summed E-state index contributed by atoms with van der Waals surface area (Å²) in [5.41, 5.74) is 0.953. The summed E-state index contributed by atoms with van der Waals surface area (Å²) in [6, 6.07) is 4.12. The standard InChI is InChI=1S/C12H14BrN3O2S/c1-16-10(9(6-15-16)12(17)18)7-14-5-4-8-2-3-11(13)19-8/h2-3,6,14H,4-5,7H2,1H3,(H,17,18). The molecule has 0 saturated heterocycles. The van der Waals surface area contributed by atoms with Crippen LogP contribution in [0, 0.1) is 0 Å². The van der Waals surface area contributed by atoms with Crippen molar-refractivity contribution in [3.05, 3.63) is 38.3 Å². The van der Waals surface area contributed by atoms with Crippen LogP contribution in [0.1, 0.15) is 20.9 Å². The van der Waals surface area contributed by atoms with Crippen LogP contribution in [0.25, 0.3) is 0 Å². The SMILES string of the molecule is Cn1ncc(C(=O)O)c1CNCCc1ccc(Br)s1. The molecule has 2 aromatic rings. The molecule has 0 amide bonds. The lowest BCUT2D eigenvalue weighted by molar-refractivity contribution is 0.0695. The molecule has 102 valence electrons. The van der Waals surface area contributed by atoms with E-state index >= 15 is 0 Å². The van der Waals surface area contributed by atoms with Gasteiger partial charge in [-0.25, -0.2) is 4.79 Å². The third-order valence-electron chi connectivity index (χ3n) is 2.76. The molecule has 0 aliphatic rings. The van der Waals surface area contributed by atoms with E-state index in [0.717, 1.165) is 16.8 Å².